The number of carboxylic acids is 1. The minimum Gasteiger partial charge on any atom is -0.507 e. The number of methoxy groups -OCH3 is 1. The Hall–Kier alpha value is -2.96. The lowest BCUT2D eigenvalue weighted by Gasteiger charge is -2.08. The van der Waals surface area contributed by atoms with Crippen LogP contribution >= 0.6 is 0 Å². The molecule has 0 unspecified atom stereocenters. The van der Waals surface area contributed by atoms with Crippen molar-refractivity contribution in [1.82, 2.24) is 4.98 Å². The second kappa shape index (κ2) is 5.58. The third-order valence-electron chi connectivity index (χ3n) is 2.99. The van der Waals surface area contributed by atoms with E-state index < -0.39 is 11.9 Å². The molecule has 2 aromatic rings. The van der Waals surface area contributed by atoms with Crippen LogP contribution < -0.4 is 10.1 Å². The number of carbonyl (C=O) groups is 2. The monoisotopic (exact) mass is 290 g/mol. The summed E-state index contributed by atoms with van der Waals surface area (Å²) in [5, 5.41) is 21.3. The molecule has 4 N–H and O–H groups in total. The van der Waals surface area contributed by atoms with Crippen molar-refractivity contribution >= 4 is 17.6 Å². The topological polar surface area (TPSA) is 112 Å². The summed E-state index contributed by atoms with van der Waals surface area (Å²) in [6.07, 6.45) is 1.38. The first-order valence-corrected chi connectivity index (χ1v) is 6.03. The summed E-state index contributed by atoms with van der Waals surface area (Å²) in [5.41, 5.74) is 0.523. The second-order valence-electron chi connectivity index (χ2n) is 4.34. The van der Waals surface area contributed by atoms with Crippen molar-refractivity contribution in [2.75, 3.05) is 12.4 Å². The van der Waals surface area contributed by atoms with Gasteiger partial charge >= 0.3 is 5.97 Å². The van der Waals surface area contributed by atoms with E-state index in [4.69, 9.17) is 9.84 Å². The molecule has 0 aliphatic heterocycles. The van der Waals surface area contributed by atoms with E-state index in [1.54, 1.807) is 6.92 Å². The Bertz CT molecular complexity index is 705. The molecule has 0 fully saturated rings. The van der Waals surface area contributed by atoms with E-state index in [1.165, 1.54) is 31.5 Å². The number of carbonyl (C=O) groups excluding carboxylic acids is 1. The smallest absolute Gasteiger partial charge is 0.339 e. The molecule has 0 bridgehead atoms. The first-order chi connectivity index (χ1) is 9.93. The minimum absolute atomic E-state index is 0.00968. The number of benzene rings is 1. The quantitative estimate of drug-likeness (QED) is 0.688. The highest BCUT2D eigenvalue weighted by Gasteiger charge is 2.19. The molecular weight excluding hydrogens is 276 g/mol. The normalized spacial score (nSPS) is 10.2. The number of phenols is 1. The standard InChI is InChI=1S/C14H14N2O5/c1-7-12(14(19)20)10(6-15-7)16-13(18)9-5-8(21-2)3-4-11(9)17/h3-6,15,17H,1-2H3,(H,16,18)(H,19,20). The third kappa shape index (κ3) is 2.81. The Labute approximate surface area is 120 Å². The zero-order valence-corrected chi connectivity index (χ0v) is 11.4. The van der Waals surface area contributed by atoms with Crippen LogP contribution in [0.5, 0.6) is 11.5 Å². The fourth-order valence-electron chi connectivity index (χ4n) is 1.91. The summed E-state index contributed by atoms with van der Waals surface area (Å²) in [6.45, 7) is 1.59. The fourth-order valence-corrected chi connectivity index (χ4v) is 1.91. The highest BCUT2D eigenvalue weighted by molar-refractivity contribution is 6.09. The zero-order valence-electron chi connectivity index (χ0n) is 11.4. The molecule has 21 heavy (non-hydrogen) atoms. The van der Waals surface area contributed by atoms with Gasteiger partial charge in [0, 0.05) is 11.9 Å². The Balaban J connectivity index is 2.33. The van der Waals surface area contributed by atoms with Crippen LogP contribution in [0.2, 0.25) is 0 Å². The Morgan fingerprint density at radius 1 is 1.33 bits per heavy atom. The Morgan fingerprint density at radius 2 is 2.05 bits per heavy atom. The average molecular weight is 290 g/mol. The lowest BCUT2D eigenvalue weighted by Crippen LogP contribution is -2.14. The lowest BCUT2D eigenvalue weighted by molar-refractivity contribution is 0.0697. The predicted molar refractivity (Wildman–Crippen MR) is 75.1 cm³/mol. The molecule has 0 atom stereocenters. The summed E-state index contributed by atoms with van der Waals surface area (Å²) in [6, 6.07) is 4.20. The molecule has 7 nitrogen and oxygen atoms in total. The number of amides is 1. The number of ether oxygens (including phenoxy) is 1. The summed E-state index contributed by atoms with van der Waals surface area (Å²) in [5.74, 6) is -1.61. The molecule has 1 aromatic carbocycles. The number of aromatic amines is 1. The molecule has 0 spiro atoms. The molecule has 110 valence electrons. The van der Waals surface area contributed by atoms with Crippen LogP contribution in [0.1, 0.15) is 26.4 Å². The van der Waals surface area contributed by atoms with Gasteiger partial charge in [-0.3, -0.25) is 4.79 Å². The van der Waals surface area contributed by atoms with E-state index in [2.05, 4.69) is 10.3 Å². The van der Waals surface area contributed by atoms with Crippen LogP contribution in [0.3, 0.4) is 0 Å². The van der Waals surface area contributed by atoms with Crippen molar-refractivity contribution in [3.05, 3.63) is 41.2 Å². The second-order valence-corrected chi connectivity index (χ2v) is 4.34. The van der Waals surface area contributed by atoms with Gasteiger partial charge in [0.2, 0.25) is 0 Å². The molecule has 1 aromatic heterocycles. The molecule has 1 heterocycles. The van der Waals surface area contributed by atoms with Gasteiger partial charge in [-0.15, -0.1) is 0 Å². The van der Waals surface area contributed by atoms with E-state index in [1.807, 2.05) is 0 Å². The maximum absolute atomic E-state index is 12.2. The Kier molecular flexibility index (Phi) is 3.84. The number of rotatable bonds is 4. The highest BCUT2D eigenvalue weighted by atomic mass is 16.5. The van der Waals surface area contributed by atoms with Crippen molar-refractivity contribution < 1.29 is 24.5 Å². The number of hydrogen-bond donors (Lipinski definition) is 4. The maximum Gasteiger partial charge on any atom is 0.339 e. The number of aryl methyl sites for hydroxylation is 1. The zero-order chi connectivity index (χ0) is 15.6. The molecule has 0 saturated heterocycles. The van der Waals surface area contributed by atoms with Crippen LogP contribution in [-0.2, 0) is 0 Å². The molecule has 0 aliphatic carbocycles. The predicted octanol–water partition coefficient (Wildman–Crippen LogP) is 1.99. The molecule has 0 aliphatic rings. The van der Waals surface area contributed by atoms with E-state index >= 15 is 0 Å². The van der Waals surface area contributed by atoms with Gasteiger partial charge in [-0.2, -0.15) is 0 Å². The van der Waals surface area contributed by atoms with Crippen molar-refractivity contribution in [3.8, 4) is 11.5 Å². The minimum atomic E-state index is -1.15. The van der Waals surface area contributed by atoms with Gasteiger partial charge in [0.25, 0.3) is 5.91 Å². The van der Waals surface area contributed by atoms with Crippen LogP contribution in [0.15, 0.2) is 24.4 Å². The molecule has 7 heteroatoms. The first kappa shape index (κ1) is 14.4. The van der Waals surface area contributed by atoms with Crippen LogP contribution in [-0.4, -0.2) is 34.2 Å². The van der Waals surface area contributed by atoms with Crippen molar-refractivity contribution in [2.45, 2.75) is 6.92 Å². The van der Waals surface area contributed by atoms with Crippen LogP contribution in [0.4, 0.5) is 5.69 Å². The van der Waals surface area contributed by atoms with Crippen molar-refractivity contribution in [1.29, 1.82) is 0 Å². The first-order valence-electron chi connectivity index (χ1n) is 6.03. The number of aromatic nitrogens is 1. The lowest BCUT2D eigenvalue weighted by atomic mass is 10.1. The van der Waals surface area contributed by atoms with E-state index in [-0.39, 0.29) is 22.6 Å². The molecular formula is C14H14N2O5. The molecule has 0 saturated carbocycles. The van der Waals surface area contributed by atoms with Crippen molar-refractivity contribution in [2.24, 2.45) is 0 Å². The van der Waals surface area contributed by atoms with Crippen LogP contribution in [0, 0.1) is 6.92 Å². The van der Waals surface area contributed by atoms with Gasteiger partial charge < -0.3 is 25.3 Å². The van der Waals surface area contributed by atoms with Gasteiger partial charge in [0.05, 0.1) is 18.4 Å². The fraction of sp³-hybridized carbons (Fsp3) is 0.143. The van der Waals surface area contributed by atoms with Gasteiger partial charge in [-0.25, -0.2) is 4.79 Å². The number of hydrogen-bond acceptors (Lipinski definition) is 4. The van der Waals surface area contributed by atoms with Gasteiger partial charge in [0.15, 0.2) is 0 Å². The largest absolute Gasteiger partial charge is 0.507 e. The number of anilines is 1. The number of H-pyrrole nitrogens is 1. The molecule has 1 amide bonds. The number of nitrogens with one attached hydrogen (secondary N) is 2. The maximum atomic E-state index is 12.2. The van der Waals surface area contributed by atoms with E-state index in [9.17, 15) is 14.7 Å². The number of aromatic carboxylic acids is 1. The summed E-state index contributed by atoms with van der Waals surface area (Å²) < 4.78 is 4.98. The number of phenolic OH excluding ortho intramolecular Hbond substituents is 1. The van der Waals surface area contributed by atoms with Gasteiger partial charge in [-0.05, 0) is 25.1 Å². The van der Waals surface area contributed by atoms with Crippen molar-refractivity contribution in [3.63, 3.8) is 0 Å². The van der Waals surface area contributed by atoms with Crippen LogP contribution in [0.25, 0.3) is 0 Å². The van der Waals surface area contributed by atoms with E-state index in [0.717, 1.165) is 0 Å². The third-order valence-corrected chi connectivity index (χ3v) is 2.99. The number of aromatic hydroxyl groups is 1. The number of carboxylic acid groups (broad SMARTS) is 1. The average Bonchev–Trinajstić information content (AvgIpc) is 2.80. The highest BCUT2D eigenvalue weighted by Crippen LogP contribution is 2.25. The Morgan fingerprint density at radius 3 is 2.67 bits per heavy atom. The van der Waals surface area contributed by atoms with Gasteiger partial charge in [-0.1, -0.05) is 0 Å². The molecule has 0 radical (unpaired) electrons. The molecule has 2 rings (SSSR count). The van der Waals surface area contributed by atoms with Gasteiger partial charge in [0.1, 0.15) is 17.1 Å². The SMILES string of the molecule is COc1ccc(O)c(C(=O)Nc2c[nH]c(C)c2C(=O)O)c1. The summed E-state index contributed by atoms with van der Waals surface area (Å²) in [4.78, 5) is 26.0. The summed E-state index contributed by atoms with van der Waals surface area (Å²) in [7, 11) is 1.44. The van der Waals surface area contributed by atoms with E-state index in [0.29, 0.717) is 11.4 Å². The summed E-state index contributed by atoms with van der Waals surface area (Å²) >= 11 is 0.